The summed E-state index contributed by atoms with van der Waals surface area (Å²) < 4.78 is 9.57. The van der Waals surface area contributed by atoms with Crippen LogP contribution >= 0.6 is 0 Å². The number of methoxy groups -OCH3 is 1. The number of likely N-dealkylation sites (N-methyl/N-ethyl adjacent to an activating group) is 1. The van der Waals surface area contributed by atoms with Gasteiger partial charge in [-0.3, -0.25) is 4.90 Å². The highest BCUT2D eigenvalue weighted by Gasteiger charge is 2.29. The average molecular weight is 145 g/mol. The SMILES string of the molecule is COC(=O)C1OCCN1C. The summed E-state index contributed by atoms with van der Waals surface area (Å²) >= 11 is 0. The lowest BCUT2D eigenvalue weighted by molar-refractivity contribution is -0.157. The molecule has 0 bridgehead atoms. The molecule has 4 heteroatoms. The van der Waals surface area contributed by atoms with E-state index in [9.17, 15) is 4.79 Å². The van der Waals surface area contributed by atoms with Crippen LogP contribution in [-0.4, -0.2) is 44.4 Å². The molecule has 1 unspecified atom stereocenters. The molecule has 1 rings (SSSR count). The van der Waals surface area contributed by atoms with E-state index in [1.54, 1.807) is 0 Å². The lowest BCUT2D eigenvalue weighted by atomic mass is 10.5. The van der Waals surface area contributed by atoms with E-state index in [0.717, 1.165) is 6.54 Å². The molecule has 0 saturated carbocycles. The normalized spacial score (nSPS) is 26.8. The number of hydrogen-bond acceptors (Lipinski definition) is 4. The molecule has 0 aromatic heterocycles. The first-order chi connectivity index (χ1) is 4.75. The molecule has 0 aliphatic carbocycles. The summed E-state index contributed by atoms with van der Waals surface area (Å²) in [6.07, 6.45) is -0.481. The fraction of sp³-hybridized carbons (Fsp3) is 0.833. The first-order valence-electron chi connectivity index (χ1n) is 3.15. The van der Waals surface area contributed by atoms with E-state index in [2.05, 4.69) is 4.74 Å². The second kappa shape index (κ2) is 2.98. The highest BCUT2D eigenvalue weighted by molar-refractivity contribution is 5.74. The Hall–Kier alpha value is -0.610. The second-order valence-electron chi connectivity index (χ2n) is 2.23. The molecule has 58 valence electrons. The van der Waals surface area contributed by atoms with Crippen LogP contribution in [0.1, 0.15) is 0 Å². The quantitative estimate of drug-likeness (QED) is 0.464. The maximum absolute atomic E-state index is 10.8. The Balaban J connectivity index is 2.46. The van der Waals surface area contributed by atoms with Crippen molar-refractivity contribution in [1.29, 1.82) is 0 Å². The van der Waals surface area contributed by atoms with Crippen LogP contribution in [-0.2, 0) is 14.3 Å². The van der Waals surface area contributed by atoms with E-state index in [-0.39, 0.29) is 5.97 Å². The second-order valence-corrected chi connectivity index (χ2v) is 2.23. The Labute approximate surface area is 59.7 Å². The van der Waals surface area contributed by atoms with Crippen LogP contribution in [0.4, 0.5) is 0 Å². The molecule has 0 aromatic rings. The molecule has 4 nitrogen and oxygen atoms in total. The van der Waals surface area contributed by atoms with Crippen molar-refractivity contribution in [3.8, 4) is 0 Å². The van der Waals surface area contributed by atoms with Crippen molar-refractivity contribution in [2.75, 3.05) is 27.3 Å². The Kier molecular flexibility index (Phi) is 2.24. The molecule has 1 saturated heterocycles. The number of rotatable bonds is 1. The number of carbonyl (C=O) groups excluding carboxylic acids is 1. The third-order valence-electron chi connectivity index (χ3n) is 1.52. The molecule has 1 fully saturated rings. The van der Waals surface area contributed by atoms with Crippen molar-refractivity contribution < 1.29 is 14.3 Å². The van der Waals surface area contributed by atoms with Gasteiger partial charge in [0.15, 0.2) is 0 Å². The third-order valence-corrected chi connectivity index (χ3v) is 1.52. The van der Waals surface area contributed by atoms with Gasteiger partial charge >= 0.3 is 5.97 Å². The summed E-state index contributed by atoms with van der Waals surface area (Å²) in [6, 6.07) is 0. The van der Waals surface area contributed by atoms with Crippen molar-refractivity contribution in [1.82, 2.24) is 4.90 Å². The highest BCUT2D eigenvalue weighted by Crippen LogP contribution is 2.07. The molecule has 0 N–H and O–H groups in total. The zero-order chi connectivity index (χ0) is 7.56. The first kappa shape index (κ1) is 7.50. The molecular formula is C6H11NO3. The van der Waals surface area contributed by atoms with Gasteiger partial charge in [0.05, 0.1) is 13.7 Å². The smallest absolute Gasteiger partial charge is 0.350 e. The van der Waals surface area contributed by atoms with Crippen molar-refractivity contribution in [3.05, 3.63) is 0 Å². The number of hydrogen-bond donors (Lipinski definition) is 0. The van der Waals surface area contributed by atoms with E-state index < -0.39 is 6.23 Å². The topological polar surface area (TPSA) is 38.8 Å². The Morgan fingerprint density at radius 1 is 1.80 bits per heavy atom. The number of esters is 1. The van der Waals surface area contributed by atoms with E-state index in [4.69, 9.17) is 4.74 Å². The first-order valence-corrected chi connectivity index (χ1v) is 3.15. The zero-order valence-electron chi connectivity index (χ0n) is 6.16. The Bertz CT molecular complexity index is 137. The molecular weight excluding hydrogens is 134 g/mol. The minimum Gasteiger partial charge on any atom is -0.466 e. The molecule has 1 aliphatic heterocycles. The Morgan fingerprint density at radius 2 is 2.50 bits per heavy atom. The summed E-state index contributed by atoms with van der Waals surface area (Å²) in [5, 5.41) is 0. The number of ether oxygens (including phenoxy) is 2. The lowest BCUT2D eigenvalue weighted by Crippen LogP contribution is -2.34. The van der Waals surface area contributed by atoms with Crippen LogP contribution in [0, 0.1) is 0 Å². The van der Waals surface area contributed by atoms with Crippen LogP contribution in [0.3, 0.4) is 0 Å². The predicted octanol–water partition coefficient (Wildman–Crippen LogP) is -0.553. The molecule has 0 spiro atoms. The molecule has 10 heavy (non-hydrogen) atoms. The molecule has 0 amide bonds. The number of carbonyl (C=O) groups is 1. The van der Waals surface area contributed by atoms with Gasteiger partial charge < -0.3 is 9.47 Å². The standard InChI is InChI=1S/C6H11NO3/c1-7-3-4-10-5(7)6(8)9-2/h5H,3-4H2,1-2H3. The van der Waals surface area contributed by atoms with Crippen molar-refractivity contribution >= 4 is 5.97 Å². The van der Waals surface area contributed by atoms with Gasteiger partial charge in [-0.1, -0.05) is 0 Å². The van der Waals surface area contributed by atoms with Gasteiger partial charge in [0, 0.05) is 6.54 Å². The van der Waals surface area contributed by atoms with Gasteiger partial charge in [0.25, 0.3) is 0 Å². The molecule has 1 aliphatic rings. The van der Waals surface area contributed by atoms with Crippen molar-refractivity contribution in [2.24, 2.45) is 0 Å². The fourth-order valence-corrected chi connectivity index (χ4v) is 0.902. The maximum Gasteiger partial charge on any atom is 0.350 e. The van der Waals surface area contributed by atoms with Gasteiger partial charge in [0.2, 0.25) is 6.23 Å². The maximum atomic E-state index is 10.8. The van der Waals surface area contributed by atoms with Crippen molar-refractivity contribution in [3.63, 3.8) is 0 Å². The number of nitrogens with zero attached hydrogens (tertiary/aromatic N) is 1. The zero-order valence-corrected chi connectivity index (χ0v) is 6.16. The van der Waals surface area contributed by atoms with Gasteiger partial charge in [-0.15, -0.1) is 0 Å². The minimum atomic E-state index is -0.481. The Morgan fingerprint density at radius 3 is 2.90 bits per heavy atom. The van der Waals surface area contributed by atoms with Gasteiger partial charge in [-0.2, -0.15) is 0 Å². The fourth-order valence-electron chi connectivity index (χ4n) is 0.902. The van der Waals surface area contributed by atoms with Gasteiger partial charge in [-0.25, -0.2) is 4.79 Å². The average Bonchev–Trinajstić information content (AvgIpc) is 2.34. The van der Waals surface area contributed by atoms with Crippen LogP contribution in [0.2, 0.25) is 0 Å². The molecule has 1 atom stereocenters. The molecule has 1 heterocycles. The third kappa shape index (κ3) is 1.27. The van der Waals surface area contributed by atoms with Crippen LogP contribution in [0.25, 0.3) is 0 Å². The summed E-state index contributed by atoms with van der Waals surface area (Å²) in [5.41, 5.74) is 0. The lowest BCUT2D eigenvalue weighted by Gasteiger charge is -2.14. The molecule has 0 aromatic carbocycles. The molecule has 0 radical (unpaired) electrons. The highest BCUT2D eigenvalue weighted by atomic mass is 16.6. The van der Waals surface area contributed by atoms with Gasteiger partial charge in [-0.05, 0) is 7.05 Å². The van der Waals surface area contributed by atoms with E-state index in [0.29, 0.717) is 6.61 Å². The summed E-state index contributed by atoms with van der Waals surface area (Å²) in [7, 11) is 3.19. The van der Waals surface area contributed by atoms with Gasteiger partial charge in [0.1, 0.15) is 0 Å². The van der Waals surface area contributed by atoms with E-state index in [1.807, 2.05) is 11.9 Å². The minimum absolute atomic E-state index is 0.319. The van der Waals surface area contributed by atoms with Crippen LogP contribution < -0.4 is 0 Å². The van der Waals surface area contributed by atoms with Crippen LogP contribution in [0.15, 0.2) is 0 Å². The monoisotopic (exact) mass is 145 g/mol. The van der Waals surface area contributed by atoms with E-state index >= 15 is 0 Å². The summed E-state index contributed by atoms with van der Waals surface area (Å²) in [4.78, 5) is 12.6. The van der Waals surface area contributed by atoms with Crippen LogP contribution in [0.5, 0.6) is 0 Å². The largest absolute Gasteiger partial charge is 0.466 e. The van der Waals surface area contributed by atoms with E-state index in [1.165, 1.54) is 7.11 Å². The summed E-state index contributed by atoms with van der Waals surface area (Å²) in [5.74, 6) is -0.319. The van der Waals surface area contributed by atoms with Crippen molar-refractivity contribution in [2.45, 2.75) is 6.23 Å². The predicted molar refractivity (Wildman–Crippen MR) is 34.4 cm³/mol. The summed E-state index contributed by atoms with van der Waals surface area (Å²) in [6.45, 7) is 1.40.